The highest BCUT2D eigenvalue weighted by molar-refractivity contribution is 6.28. The maximum Gasteiger partial charge on any atom is 0.231 e. The quantitative estimate of drug-likeness (QED) is 0.888. The molecule has 0 bridgehead atoms. The minimum atomic E-state index is -0.264. The van der Waals surface area contributed by atoms with Gasteiger partial charge in [-0.2, -0.15) is 15.0 Å². The van der Waals surface area contributed by atoms with Gasteiger partial charge in [0.15, 0.2) is 0 Å². The van der Waals surface area contributed by atoms with E-state index in [0.29, 0.717) is 18.4 Å². The average molecular weight is 310 g/mol. The minimum absolute atomic E-state index is 0.129. The van der Waals surface area contributed by atoms with Crippen LogP contribution in [0.2, 0.25) is 5.28 Å². The summed E-state index contributed by atoms with van der Waals surface area (Å²) in [7, 11) is 1.82. The SMILES string of the molecule is CCCNc1nc(Cl)nc(N(C)Cc2cccc(F)c2)n1. The van der Waals surface area contributed by atoms with Gasteiger partial charge in [0.1, 0.15) is 5.82 Å². The first-order valence-corrected chi connectivity index (χ1v) is 7.07. The van der Waals surface area contributed by atoms with E-state index in [1.54, 1.807) is 11.0 Å². The first-order chi connectivity index (χ1) is 10.1. The van der Waals surface area contributed by atoms with E-state index in [1.807, 2.05) is 20.0 Å². The Labute approximate surface area is 128 Å². The van der Waals surface area contributed by atoms with Crippen molar-refractivity contribution in [1.82, 2.24) is 15.0 Å². The maximum atomic E-state index is 13.2. The largest absolute Gasteiger partial charge is 0.354 e. The molecule has 112 valence electrons. The van der Waals surface area contributed by atoms with Gasteiger partial charge in [0.2, 0.25) is 17.2 Å². The van der Waals surface area contributed by atoms with Crippen LogP contribution in [0.4, 0.5) is 16.3 Å². The van der Waals surface area contributed by atoms with E-state index < -0.39 is 0 Å². The second kappa shape index (κ2) is 7.17. The van der Waals surface area contributed by atoms with Crippen LogP contribution >= 0.6 is 11.6 Å². The molecule has 0 aliphatic carbocycles. The van der Waals surface area contributed by atoms with E-state index in [9.17, 15) is 4.39 Å². The highest BCUT2D eigenvalue weighted by Crippen LogP contribution is 2.15. The standard InChI is InChI=1S/C14H17ClFN5/c1-3-7-17-13-18-12(15)19-14(20-13)21(2)9-10-5-4-6-11(16)8-10/h4-6,8H,3,7,9H2,1-2H3,(H,17,18,19,20). The second-order valence-electron chi connectivity index (χ2n) is 4.64. The summed E-state index contributed by atoms with van der Waals surface area (Å²) in [6, 6.07) is 6.41. The third-order valence-corrected chi connectivity index (χ3v) is 2.95. The molecule has 7 heteroatoms. The lowest BCUT2D eigenvalue weighted by molar-refractivity contribution is 0.625. The number of hydrogen-bond donors (Lipinski definition) is 1. The topological polar surface area (TPSA) is 53.9 Å². The second-order valence-corrected chi connectivity index (χ2v) is 4.98. The molecule has 0 saturated carbocycles. The van der Waals surface area contributed by atoms with Gasteiger partial charge in [-0.05, 0) is 35.7 Å². The van der Waals surface area contributed by atoms with Crippen LogP contribution in [-0.4, -0.2) is 28.5 Å². The van der Waals surface area contributed by atoms with Gasteiger partial charge in [-0.3, -0.25) is 0 Å². The Morgan fingerprint density at radius 3 is 2.81 bits per heavy atom. The summed E-state index contributed by atoms with van der Waals surface area (Å²) in [5.41, 5.74) is 0.831. The van der Waals surface area contributed by atoms with Crippen molar-refractivity contribution in [2.45, 2.75) is 19.9 Å². The van der Waals surface area contributed by atoms with Gasteiger partial charge in [-0.1, -0.05) is 19.1 Å². The predicted octanol–water partition coefficient (Wildman–Crippen LogP) is 3.12. The molecule has 0 spiro atoms. The highest BCUT2D eigenvalue weighted by atomic mass is 35.5. The molecule has 1 aromatic carbocycles. The fourth-order valence-corrected chi connectivity index (χ4v) is 1.96. The molecule has 5 nitrogen and oxygen atoms in total. The van der Waals surface area contributed by atoms with E-state index in [1.165, 1.54) is 12.1 Å². The highest BCUT2D eigenvalue weighted by Gasteiger charge is 2.10. The van der Waals surface area contributed by atoms with Gasteiger partial charge >= 0.3 is 0 Å². The van der Waals surface area contributed by atoms with Gasteiger partial charge in [0.05, 0.1) is 0 Å². The molecule has 0 aliphatic heterocycles. The van der Waals surface area contributed by atoms with Crippen LogP contribution in [0.1, 0.15) is 18.9 Å². The molecule has 0 aliphatic rings. The van der Waals surface area contributed by atoms with Crippen LogP contribution in [0.5, 0.6) is 0 Å². The maximum absolute atomic E-state index is 13.2. The molecular weight excluding hydrogens is 293 g/mol. The summed E-state index contributed by atoms with van der Waals surface area (Å²) >= 11 is 5.91. The molecule has 0 fully saturated rings. The number of hydrogen-bond acceptors (Lipinski definition) is 5. The molecule has 2 aromatic rings. The third kappa shape index (κ3) is 4.53. The monoisotopic (exact) mass is 309 g/mol. The zero-order valence-electron chi connectivity index (χ0n) is 12.0. The van der Waals surface area contributed by atoms with Crippen molar-refractivity contribution in [3.63, 3.8) is 0 Å². The Balaban J connectivity index is 2.14. The van der Waals surface area contributed by atoms with Crippen molar-refractivity contribution in [3.05, 3.63) is 40.9 Å². The molecule has 0 amide bonds. The summed E-state index contributed by atoms with van der Waals surface area (Å²) in [5, 5.41) is 3.20. The number of nitrogens with one attached hydrogen (secondary N) is 1. The number of aromatic nitrogens is 3. The van der Waals surface area contributed by atoms with Crippen molar-refractivity contribution in [1.29, 1.82) is 0 Å². The predicted molar refractivity (Wildman–Crippen MR) is 82.1 cm³/mol. The Kier molecular flexibility index (Phi) is 5.27. The molecular formula is C14H17ClFN5. The summed E-state index contributed by atoms with van der Waals surface area (Å²) < 4.78 is 13.2. The van der Waals surface area contributed by atoms with E-state index in [4.69, 9.17) is 11.6 Å². The number of rotatable bonds is 6. The van der Waals surface area contributed by atoms with Crippen molar-refractivity contribution in [3.8, 4) is 0 Å². The van der Waals surface area contributed by atoms with Crippen LogP contribution in [0.3, 0.4) is 0 Å². The lowest BCUT2D eigenvalue weighted by atomic mass is 10.2. The van der Waals surface area contributed by atoms with Crippen LogP contribution in [0.15, 0.2) is 24.3 Å². The van der Waals surface area contributed by atoms with Gasteiger partial charge in [-0.15, -0.1) is 0 Å². The van der Waals surface area contributed by atoms with Crippen molar-refractivity contribution in [2.75, 3.05) is 23.8 Å². The summed E-state index contributed by atoms with van der Waals surface area (Å²) in [6.07, 6.45) is 0.956. The molecule has 2 rings (SSSR count). The van der Waals surface area contributed by atoms with Gasteiger partial charge < -0.3 is 10.2 Å². The molecule has 0 atom stereocenters. The minimum Gasteiger partial charge on any atom is -0.354 e. The third-order valence-electron chi connectivity index (χ3n) is 2.78. The smallest absolute Gasteiger partial charge is 0.231 e. The van der Waals surface area contributed by atoms with Gasteiger partial charge in [0, 0.05) is 20.1 Å². The van der Waals surface area contributed by atoms with Gasteiger partial charge in [-0.25, -0.2) is 4.39 Å². The fraction of sp³-hybridized carbons (Fsp3) is 0.357. The summed E-state index contributed by atoms with van der Waals surface area (Å²) in [6.45, 7) is 3.28. The Hall–Kier alpha value is -1.95. The molecule has 1 heterocycles. The van der Waals surface area contributed by atoms with Crippen molar-refractivity contribution in [2.24, 2.45) is 0 Å². The van der Waals surface area contributed by atoms with Gasteiger partial charge in [0.25, 0.3) is 0 Å². The molecule has 0 saturated heterocycles. The van der Waals surface area contributed by atoms with E-state index >= 15 is 0 Å². The number of benzene rings is 1. The van der Waals surface area contributed by atoms with Crippen LogP contribution in [-0.2, 0) is 6.54 Å². The molecule has 21 heavy (non-hydrogen) atoms. The van der Waals surface area contributed by atoms with E-state index in [0.717, 1.165) is 18.5 Å². The van der Waals surface area contributed by atoms with Crippen molar-refractivity contribution >= 4 is 23.5 Å². The molecule has 0 radical (unpaired) electrons. The number of nitrogens with zero attached hydrogens (tertiary/aromatic N) is 4. The first kappa shape index (κ1) is 15.4. The normalized spacial score (nSPS) is 10.5. The van der Waals surface area contributed by atoms with E-state index in [2.05, 4.69) is 20.3 Å². The lowest BCUT2D eigenvalue weighted by Crippen LogP contribution is -2.20. The van der Waals surface area contributed by atoms with Crippen molar-refractivity contribution < 1.29 is 4.39 Å². The summed E-state index contributed by atoms with van der Waals surface area (Å²) in [5.74, 6) is 0.621. The molecule has 0 unspecified atom stereocenters. The Morgan fingerprint density at radius 1 is 1.29 bits per heavy atom. The number of halogens is 2. The zero-order chi connectivity index (χ0) is 15.2. The van der Waals surface area contributed by atoms with E-state index in [-0.39, 0.29) is 11.1 Å². The molecule has 1 N–H and O–H groups in total. The first-order valence-electron chi connectivity index (χ1n) is 6.69. The van der Waals surface area contributed by atoms with Crippen LogP contribution in [0, 0.1) is 5.82 Å². The Morgan fingerprint density at radius 2 is 2.10 bits per heavy atom. The lowest BCUT2D eigenvalue weighted by Gasteiger charge is -2.17. The number of anilines is 2. The Bertz CT molecular complexity index is 608. The average Bonchev–Trinajstić information content (AvgIpc) is 2.44. The van der Waals surface area contributed by atoms with Crippen LogP contribution < -0.4 is 10.2 Å². The fourth-order valence-electron chi connectivity index (χ4n) is 1.81. The summed E-state index contributed by atoms with van der Waals surface area (Å²) in [4.78, 5) is 14.2. The van der Waals surface area contributed by atoms with Crippen LogP contribution in [0.25, 0.3) is 0 Å². The zero-order valence-corrected chi connectivity index (χ0v) is 12.7. The molecule has 1 aromatic heterocycles.